The van der Waals surface area contributed by atoms with Crippen LogP contribution in [0.25, 0.3) is 10.9 Å². The Kier molecular flexibility index (Phi) is 10.3. The number of benzene rings is 1. The van der Waals surface area contributed by atoms with E-state index in [1.807, 2.05) is 24.3 Å². The van der Waals surface area contributed by atoms with Crippen LogP contribution < -0.4 is 11.1 Å². The highest BCUT2D eigenvalue weighted by Gasteiger charge is 2.41. The number of carbonyl (C=O) groups excluding carboxylic acids is 3. The zero-order valence-electron chi connectivity index (χ0n) is 23.0. The van der Waals surface area contributed by atoms with Crippen molar-refractivity contribution < 1.29 is 33.8 Å². The Bertz CT molecular complexity index is 1100. The van der Waals surface area contributed by atoms with Crippen molar-refractivity contribution in [3.05, 3.63) is 36.0 Å². The fourth-order valence-corrected chi connectivity index (χ4v) is 3.80. The van der Waals surface area contributed by atoms with E-state index in [-0.39, 0.29) is 12.8 Å². The normalized spacial score (nSPS) is 13.4. The summed E-state index contributed by atoms with van der Waals surface area (Å²) in [6.07, 6.45) is 0.514. The van der Waals surface area contributed by atoms with Gasteiger partial charge < -0.3 is 30.6 Å². The minimum absolute atomic E-state index is 0.0144. The zero-order chi connectivity index (χ0) is 28.7. The Morgan fingerprint density at radius 2 is 1.58 bits per heavy atom. The van der Waals surface area contributed by atoms with E-state index in [0.29, 0.717) is 29.8 Å². The summed E-state index contributed by atoms with van der Waals surface area (Å²) < 4.78 is 10.8. The number of fused-ring (bicyclic) bond motifs is 1. The fraction of sp³-hybridized carbons (Fsp3) is 0.556. The van der Waals surface area contributed by atoms with Crippen molar-refractivity contribution in [2.75, 3.05) is 6.54 Å². The molecule has 1 aromatic heterocycles. The molecule has 0 unspecified atom stereocenters. The molecule has 1 aromatic carbocycles. The Balaban J connectivity index is 2.40. The maximum atomic E-state index is 13.6. The van der Waals surface area contributed by atoms with E-state index < -0.39 is 47.3 Å². The quantitative estimate of drug-likeness (QED) is 0.334. The van der Waals surface area contributed by atoms with Gasteiger partial charge in [0, 0.05) is 23.5 Å². The first-order valence-electron chi connectivity index (χ1n) is 12.7. The average Bonchev–Trinajstić information content (AvgIpc) is 3.18. The number of nitrogens with two attached hydrogens (primary N) is 1. The molecule has 11 nitrogen and oxygen atoms in total. The zero-order valence-corrected chi connectivity index (χ0v) is 23.0. The van der Waals surface area contributed by atoms with Gasteiger partial charge in [-0.1, -0.05) is 18.2 Å². The highest BCUT2D eigenvalue weighted by Crippen LogP contribution is 2.22. The van der Waals surface area contributed by atoms with Gasteiger partial charge in [0.15, 0.2) is 0 Å². The Labute approximate surface area is 223 Å². The molecule has 1 heterocycles. The number of unbranched alkanes of at least 4 members (excludes halogenated alkanes) is 1. The van der Waals surface area contributed by atoms with Gasteiger partial charge >= 0.3 is 18.2 Å². The third kappa shape index (κ3) is 9.05. The van der Waals surface area contributed by atoms with Crippen LogP contribution in [0.4, 0.5) is 9.59 Å². The van der Waals surface area contributed by atoms with Crippen LogP contribution in [-0.4, -0.2) is 68.9 Å². The molecule has 0 bridgehead atoms. The summed E-state index contributed by atoms with van der Waals surface area (Å²) in [5.41, 5.74) is 5.22. The minimum atomic E-state index is -1.38. The Morgan fingerprint density at radius 3 is 2.11 bits per heavy atom. The molecule has 0 radical (unpaired) electrons. The number of aliphatic carboxylic acids is 1. The number of aromatic nitrogens is 1. The summed E-state index contributed by atoms with van der Waals surface area (Å²) in [6, 6.07) is 4.70. The lowest BCUT2D eigenvalue weighted by Gasteiger charge is -2.33. The first-order valence-corrected chi connectivity index (χ1v) is 12.7. The van der Waals surface area contributed by atoms with Crippen molar-refractivity contribution in [3.63, 3.8) is 0 Å². The maximum absolute atomic E-state index is 13.6. The monoisotopic (exact) mass is 532 g/mol. The standard InChI is InChI=1S/C27H40N4O7/c1-26(2,3)37-24(35)31(25(36)38-27(4,5)6)21(13-9-10-14-28)22(32)30-20(23(33)34)15-17-16-29-19-12-8-7-11-18(17)19/h7-8,11-12,16,20-21,29H,9-10,13-15,28H2,1-6H3,(H,30,32)(H,33,34)/t20-,21-/m0/s1. The van der Waals surface area contributed by atoms with Crippen molar-refractivity contribution >= 4 is 35.0 Å². The Morgan fingerprint density at radius 1 is 1.00 bits per heavy atom. The lowest BCUT2D eigenvalue weighted by atomic mass is 10.0. The van der Waals surface area contributed by atoms with Gasteiger partial charge in [-0.25, -0.2) is 14.4 Å². The van der Waals surface area contributed by atoms with Crippen molar-refractivity contribution in [1.82, 2.24) is 15.2 Å². The van der Waals surface area contributed by atoms with Crippen LogP contribution in [0, 0.1) is 0 Å². The van der Waals surface area contributed by atoms with Gasteiger partial charge in [-0.3, -0.25) is 4.79 Å². The highest BCUT2D eigenvalue weighted by atomic mass is 16.6. The number of carbonyl (C=O) groups is 4. The fourth-order valence-electron chi connectivity index (χ4n) is 3.80. The lowest BCUT2D eigenvalue weighted by molar-refractivity contribution is -0.142. The molecule has 11 heteroatoms. The van der Waals surface area contributed by atoms with Gasteiger partial charge in [0.05, 0.1) is 0 Å². The second-order valence-electron chi connectivity index (χ2n) is 11.1. The molecule has 0 aliphatic rings. The van der Waals surface area contributed by atoms with Gasteiger partial charge in [0.2, 0.25) is 5.91 Å². The molecular weight excluding hydrogens is 492 g/mol. The second-order valence-corrected chi connectivity index (χ2v) is 11.1. The number of aromatic amines is 1. The summed E-state index contributed by atoms with van der Waals surface area (Å²) >= 11 is 0. The van der Waals surface area contributed by atoms with Crippen LogP contribution in [0.1, 0.15) is 66.4 Å². The summed E-state index contributed by atoms with van der Waals surface area (Å²) in [4.78, 5) is 55.8. The number of nitrogens with zero attached hydrogens (tertiary/aromatic N) is 1. The van der Waals surface area contributed by atoms with E-state index in [0.717, 1.165) is 10.9 Å². The topological polar surface area (TPSA) is 164 Å². The van der Waals surface area contributed by atoms with Crippen LogP contribution >= 0.6 is 0 Å². The number of carboxylic acid groups (broad SMARTS) is 1. The van der Waals surface area contributed by atoms with Crippen molar-refractivity contribution in [3.8, 4) is 0 Å². The molecular formula is C27H40N4O7. The third-order valence-corrected chi connectivity index (χ3v) is 5.44. The summed E-state index contributed by atoms with van der Waals surface area (Å²) in [5.74, 6) is -2.07. The molecule has 2 aromatic rings. The molecule has 2 atom stereocenters. The van der Waals surface area contributed by atoms with Crippen LogP contribution in [0.2, 0.25) is 0 Å². The van der Waals surface area contributed by atoms with E-state index in [4.69, 9.17) is 15.2 Å². The first kappa shape index (κ1) is 30.6. The smallest absolute Gasteiger partial charge is 0.420 e. The number of ether oxygens (including phenoxy) is 2. The van der Waals surface area contributed by atoms with Crippen LogP contribution in [0.3, 0.4) is 0 Å². The predicted molar refractivity (Wildman–Crippen MR) is 143 cm³/mol. The number of hydrogen-bond acceptors (Lipinski definition) is 7. The molecule has 0 saturated carbocycles. The number of rotatable bonds is 10. The number of para-hydroxylation sites is 1. The molecule has 0 aliphatic heterocycles. The summed E-state index contributed by atoms with van der Waals surface area (Å²) in [5, 5.41) is 13.3. The number of carboxylic acids is 1. The molecule has 0 saturated heterocycles. The lowest BCUT2D eigenvalue weighted by Crippen LogP contribution is -2.57. The van der Waals surface area contributed by atoms with Crippen molar-refractivity contribution in [2.45, 2.75) is 90.5 Å². The molecule has 2 rings (SSSR count). The van der Waals surface area contributed by atoms with Gasteiger partial charge in [-0.15, -0.1) is 0 Å². The maximum Gasteiger partial charge on any atom is 0.420 e. The third-order valence-electron chi connectivity index (χ3n) is 5.44. The number of imide groups is 1. The molecule has 0 aliphatic carbocycles. The first-order chi connectivity index (χ1) is 17.6. The summed E-state index contributed by atoms with van der Waals surface area (Å²) in [7, 11) is 0. The molecule has 210 valence electrons. The average molecular weight is 533 g/mol. The van der Waals surface area contributed by atoms with Gasteiger partial charge in [0.25, 0.3) is 0 Å². The molecule has 3 amide bonds. The SMILES string of the molecule is CC(C)(C)OC(=O)N(C(=O)OC(C)(C)C)[C@@H](CCCCN)C(=O)N[C@@H](Cc1c[nH]c2ccccc12)C(=O)O. The largest absolute Gasteiger partial charge is 0.480 e. The molecule has 0 fully saturated rings. The molecule has 38 heavy (non-hydrogen) atoms. The van der Waals surface area contributed by atoms with Crippen LogP contribution in [0.5, 0.6) is 0 Å². The second kappa shape index (κ2) is 12.8. The number of amides is 3. The minimum Gasteiger partial charge on any atom is -0.480 e. The van der Waals surface area contributed by atoms with Crippen molar-refractivity contribution in [1.29, 1.82) is 0 Å². The number of hydrogen-bond donors (Lipinski definition) is 4. The van der Waals surface area contributed by atoms with Gasteiger partial charge in [0.1, 0.15) is 23.3 Å². The van der Waals surface area contributed by atoms with Gasteiger partial charge in [-0.05, 0) is 79.0 Å². The van der Waals surface area contributed by atoms with Crippen LogP contribution in [-0.2, 0) is 25.5 Å². The van der Waals surface area contributed by atoms with E-state index in [9.17, 15) is 24.3 Å². The predicted octanol–water partition coefficient (Wildman–Crippen LogP) is 3.95. The van der Waals surface area contributed by atoms with Crippen LogP contribution in [0.15, 0.2) is 30.5 Å². The number of H-pyrrole nitrogens is 1. The van der Waals surface area contributed by atoms with E-state index in [2.05, 4.69) is 10.3 Å². The Hall–Kier alpha value is -3.60. The van der Waals surface area contributed by atoms with Crippen molar-refractivity contribution in [2.24, 2.45) is 5.73 Å². The molecule has 0 spiro atoms. The van der Waals surface area contributed by atoms with Gasteiger partial charge in [-0.2, -0.15) is 4.90 Å². The molecule has 5 N–H and O–H groups in total. The van der Waals surface area contributed by atoms with E-state index >= 15 is 0 Å². The summed E-state index contributed by atoms with van der Waals surface area (Å²) in [6.45, 7) is 10.1. The number of nitrogens with one attached hydrogen (secondary N) is 2. The van der Waals surface area contributed by atoms with E-state index in [1.54, 1.807) is 47.7 Å². The highest BCUT2D eigenvalue weighted by molar-refractivity contribution is 5.97. The van der Waals surface area contributed by atoms with E-state index in [1.165, 1.54) is 0 Å².